The molecule has 28 heavy (non-hydrogen) atoms. The van der Waals surface area contributed by atoms with Crippen LogP contribution in [-0.2, 0) is 6.54 Å². The van der Waals surface area contributed by atoms with Gasteiger partial charge in [-0.05, 0) is 57.0 Å². The van der Waals surface area contributed by atoms with Crippen LogP contribution in [0.3, 0.4) is 0 Å². The maximum Gasteiger partial charge on any atom is 0.326 e. The maximum atomic E-state index is 12.3. The van der Waals surface area contributed by atoms with Crippen LogP contribution in [0.25, 0.3) is 11.0 Å². The summed E-state index contributed by atoms with van der Waals surface area (Å²) in [5, 5.41) is 3.35. The number of rotatable bonds is 7. The van der Waals surface area contributed by atoms with Gasteiger partial charge in [-0.1, -0.05) is 55.8 Å². The quantitative estimate of drug-likeness (QED) is 0.468. The molecule has 0 atom stereocenters. The Labute approximate surface area is 167 Å². The third-order valence-corrected chi connectivity index (χ3v) is 4.49. The molecule has 0 fully saturated rings. The molecule has 0 spiro atoms. The van der Waals surface area contributed by atoms with Crippen molar-refractivity contribution >= 4 is 22.4 Å². The molecule has 1 heterocycles. The average molecular weight is 378 g/mol. The highest BCUT2D eigenvalue weighted by molar-refractivity contribution is 5.80. The van der Waals surface area contributed by atoms with Crippen LogP contribution in [0.1, 0.15) is 40.5 Å². The molecule has 4 heteroatoms. The van der Waals surface area contributed by atoms with Gasteiger partial charge in [0.1, 0.15) is 0 Å². The summed E-state index contributed by atoms with van der Waals surface area (Å²) in [5.41, 5.74) is 5.04. The number of nitrogens with zero attached hydrogens (tertiary/aromatic N) is 1. The van der Waals surface area contributed by atoms with Crippen molar-refractivity contribution in [3.8, 4) is 0 Å². The molecule has 0 aliphatic rings. The van der Waals surface area contributed by atoms with Crippen LogP contribution in [0, 0.1) is 0 Å². The average Bonchev–Trinajstić information content (AvgIpc) is 3.04. The zero-order valence-electron chi connectivity index (χ0n) is 17.3. The van der Waals surface area contributed by atoms with Crippen molar-refractivity contribution in [3.05, 3.63) is 82.8 Å². The highest BCUT2D eigenvalue weighted by Gasteiger charge is 2.06. The lowest BCUT2D eigenvalue weighted by Crippen LogP contribution is -2.15. The summed E-state index contributed by atoms with van der Waals surface area (Å²) >= 11 is 0. The van der Waals surface area contributed by atoms with Crippen LogP contribution in [0.5, 0.6) is 0 Å². The number of para-hydroxylation sites is 1. The molecule has 0 radical (unpaired) electrons. The van der Waals surface area contributed by atoms with Crippen molar-refractivity contribution in [2.45, 2.75) is 47.1 Å². The van der Waals surface area contributed by atoms with Crippen molar-refractivity contribution in [1.29, 1.82) is 0 Å². The summed E-state index contributed by atoms with van der Waals surface area (Å²) < 4.78 is 1.76. The molecule has 3 rings (SSSR count). The molecule has 0 saturated carbocycles. The van der Waals surface area contributed by atoms with Gasteiger partial charge >= 0.3 is 5.69 Å². The first-order valence-corrected chi connectivity index (χ1v) is 9.99. The SMILES string of the molecule is C/C=C(/C)CC/C=C/Cn1c(=O)[nH]c2cc(Nc3ccccc3)ccc21.CC. The lowest BCUT2D eigenvalue weighted by molar-refractivity contribution is 0.803. The predicted octanol–water partition coefficient (Wildman–Crippen LogP) is 6.40. The third-order valence-electron chi connectivity index (χ3n) is 4.49. The fourth-order valence-electron chi connectivity index (χ4n) is 2.86. The zero-order valence-corrected chi connectivity index (χ0v) is 17.3. The fraction of sp³-hybridized carbons (Fsp3) is 0.292. The molecule has 0 unspecified atom stereocenters. The number of anilines is 2. The molecule has 0 amide bonds. The number of benzene rings is 2. The standard InChI is InChI=1S/C22H25N3O.C2H6/c1-3-17(2)10-6-5-9-15-25-21-14-13-19(16-20(21)24-22(25)26)23-18-11-7-4-8-12-18;1-2/h3-5,7-9,11-14,16,23H,6,10,15H2,1-2H3,(H,24,26);1-2H3/b9-5+,17-3-;. The first-order valence-electron chi connectivity index (χ1n) is 9.99. The van der Waals surface area contributed by atoms with E-state index in [4.69, 9.17) is 0 Å². The number of hydrogen-bond donors (Lipinski definition) is 2. The van der Waals surface area contributed by atoms with Gasteiger partial charge in [-0.3, -0.25) is 4.57 Å². The van der Waals surface area contributed by atoms with E-state index < -0.39 is 0 Å². The Kier molecular flexibility index (Phi) is 8.35. The van der Waals surface area contributed by atoms with Crippen molar-refractivity contribution in [1.82, 2.24) is 9.55 Å². The van der Waals surface area contributed by atoms with Crippen molar-refractivity contribution < 1.29 is 0 Å². The Morgan fingerprint density at radius 2 is 1.82 bits per heavy atom. The highest BCUT2D eigenvalue weighted by Crippen LogP contribution is 2.20. The molecule has 148 valence electrons. The Morgan fingerprint density at radius 1 is 1.07 bits per heavy atom. The third kappa shape index (κ3) is 5.74. The van der Waals surface area contributed by atoms with Crippen molar-refractivity contribution in [2.24, 2.45) is 0 Å². The van der Waals surface area contributed by atoms with Gasteiger partial charge < -0.3 is 10.3 Å². The largest absolute Gasteiger partial charge is 0.355 e. The molecule has 0 aliphatic heterocycles. The van der Waals surface area contributed by atoms with E-state index >= 15 is 0 Å². The van der Waals surface area contributed by atoms with Gasteiger partial charge in [-0.2, -0.15) is 0 Å². The van der Waals surface area contributed by atoms with Crippen molar-refractivity contribution in [3.63, 3.8) is 0 Å². The van der Waals surface area contributed by atoms with Crippen molar-refractivity contribution in [2.75, 3.05) is 5.32 Å². The molecule has 0 aliphatic carbocycles. The van der Waals surface area contributed by atoms with E-state index in [1.807, 2.05) is 62.4 Å². The number of fused-ring (bicyclic) bond motifs is 1. The summed E-state index contributed by atoms with van der Waals surface area (Å²) in [4.78, 5) is 15.2. The normalized spacial score (nSPS) is 11.5. The number of aromatic nitrogens is 2. The minimum absolute atomic E-state index is 0.0776. The monoisotopic (exact) mass is 377 g/mol. The van der Waals surface area contributed by atoms with E-state index in [9.17, 15) is 4.79 Å². The lowest BCUT2D eigenvalue weighted by Gasteiger charge is -2.06. The maximum absolute atomic E-state index is 12.3. The van der Waals surface area contributed by atoms with Gasteiger partial charge in [0, 0.05) is 17.9 Å². The Morgan fingerprint density at radius 3 is 2.54 bits per heavy atom. The van der Waals surface area contributed by atoms with Gasteiger partial charge in [0.05, 0.1) is 11.0 Å². The molecule has 0 saturated heterocycles. The van der Waals surface area contributed by atoms with Gasteiger partial charge in [0.25, 0.3) is 0 Å². The lowest BCUT2D eigenvalue weighted by atomic mass is 10.1. The number of hydrogen-bond acceptors (Lipinski definition) is 2. The van der Waals surface area contributed by atoms with Gasteiger partial charge in [0.2, 0.25) is 0 Å². The van der Waals surface area contributed by atoms with Crippen LogP contribution in [0.2, 0.25) is 0 Å². The second-order valence-electron chi connectivity index (χ2n) is 6.41. The summed E-state index contributed by atoms with van der Waals surface area (Å²) in [5.74, 6) is 0. The smallest absolute Gasteiger partial charge is 0.326 e. The van der Waals surface area contributed by atoms with E-state index in [0.29, 0.717) is 6.54 Å². The second-order valence-corrected chi connectivity index (χ2v) is 6.41. The number of aromatic amines is 1. The van der Waals surface area contributed by atoms with E-state index in [2.05, 4.69) is 42.4 Å². The fourth-order valence-corrected chi connectivity index (χ4v) is 2.86. The zero-order chi connectivity index (χ0) is 20.4. The molecule has 1 aromatic heterocycles. The van der Waals surface area contributed by atoms with E-state index in [1.54, 1.807) is 4.57 Å². The number of imidazole rings is 1. The number of H-pyrrole nitrogens is 1. The number of allylic oxidation sites excluding steroid dienone is 4. The molecule has 4 nitrogen and oxygen atoms in total. The van der Waals surface area contributed by atoms with Crippen LogP contribution < -0.4 is 11.0 Å². The first kappa shape index (κ1) is 21.3. The summed E-state index contributed by atoms with van der Waals surface area (Å²) in [7, 11) is 0. The van der Waals surface area contributed by atoms with Gasteiger partial charge in [-0.15, -0.1) is 0 Å². The molecule has 3 aromatic rings. The summed E-state index contributed by atoms with van der Waals surface area (Å²) in [6, 6.07) is 15.9. The molecule has 2 N–H and O–H groups in total. The van der Waals surface area contributed by atoms with Crippen LogP contribution in [0.15, 0.2) is 77.1 Å². The van der Waals surface area contributed by atoms with Gasteiger partial charge in [0.15, 0.2) is 0 Å². The highest BCUT2D eigenvalue weighted by atomic mass is 16.1. The molecule has 2 aromatic carbocycles. The Hall–Kier alpha value is -3.01. The van der Waals surface area contributed by atoms with Crippen LogP contribution >= 0.6 is 0 Å². The topological polar surface area (TPSA) is 49.8 Å². The summed E-state index contributed by atoms with van der Waals surface area (Å²) in [6.45, 7) is 8.78. The van der Waals surface area contributed by atoms with Gasteiger partial charge in [-0.25, -0.2) is 4.79 Å². The van der Waals surface area contributed by atoms with Crippen LogP contribution in [-0.4, -0.2) is 9.55 Å². The number of nitrogens with one attached hydrogen (secondary N) is 2. The first-order chi connectivity index (χ1) is 13.7. The molecular weight excluding hydrogens is 346 g/mol. The van der Waals surface area contributed by atoms with E-state index in [0.717, 1.165) is 35.2 Å². The second kappa shape index (κ2) is 11.0. The Bertz CT molecular complexity index is 978. The minimum Gasteiger partial charge on any atom is -0.355 e. The van der Waals surface area contributed by atoms with E-state index in [-0.39, 0.29) is 5.69 Å². The summed E-state index contributed by atoms with van der Waals surface area (Å²) in [6.07, 6.45) is 8.40. The molecule has 0 bridgehead atoms. The Balaban J connectivity index is 0.00000136. The predicted molar refractivity (Wildman–Crippen MR) is 121 cm³/mol. The minimum atomic E-state index is -0.0776. The van der Waals surface area contributed by atoms with E-state index in [1.165, 1.54) is 5.57 Å². The molecular formula is C24H31N3O. The van der Waals surface area contributed by atoms with Crippen LogP contribution in [0.4, 0.5) is 11.4 Å².